The molecule has 6 nitrogen and oxygen atoms in total. The number of carbonyl (C=O) groups is 2. The number of amides is 1. The molecule has 0 radical (unpaired) electrons. The second kappa shape index (κ2) is 7.52. The van der Waals surface area contributed by atoms with E-state index < -0.39 is 21.9 Å². The highest BCUT2D eigenvalue weighted by atomic mass is 32.2. The summed E-state index contributed by atoms with van der Waals surface area (Å²) >= 11 is 0. The number of rotatable bonds is 6. The molecule has 0 aromatic heterocycles. The van der Waals surface area contributed by atoms with Crippen molar-refractivity contribution in [2.24, 2.45) is 0 Å². The Morgan fingerprint density at radius 1 is 1.11 bits per heavy atom. The van der Waals surface area contributed by atoms with Crippen LogP contribution in [0.3, 0.4) is 0 Å². The molecule has 0 saturated heterocycles. The normalized spacial score (nSPS) is 15.0. The summed E-state index contributed by atoms with van der Waals surface area (Å²) in [7, 11) is -3.47. The fraction of sp³-hybridized carbons (Fsp3) is 0.300. The van der Waals surface area contributed by atoms with Crippen LogP contribution in [-0.2, 0) is 19.4 Å². The van der Waals surface area contributed by atoms with Crippen LogP contribution in [0.1, 0.15) is 40.4 Å². The van der Waals surface area contributed by atoms with Gasteiger partial charge in [-0.15, -0.1) is 0 Å². The lowest BCUT2D eigenvalue weighted by molar-refractivity contribution is -0.130. The first-order valence-electron chi connectivity index (χ1n) is 8.63. The van der Waals surface area contributed by atoms with Crippen LogP contribution in [0.4, 0.5) is 0 Å². The van der Waals surface area contributed by atoms with E-state index in [-0.39, 0.29) is 22.4 Å². The largest absolute Gasteiger partial charge is 0.444 e. The standard InChI is InChI=1S/C20H21NO5S/c1-13-8-11-16(27(2,24)25)12-17(13)20(23)26-18(14-6-4-3-5-7-14)19(22)21-15-9-10-15/h3-8,11-12,15,18H,9-10H2,1-2H3,(H,21,22)/t18-/m1/s1. The molecule has 0 aliphatic heterocycles. The highest BCUT2D eigenvalue weighted by Gasteiger charge is 2.31. The summed E-state index contributed by atoms with van der Waals surface area (Å²) in [4.78, 5) is 25.4. The van der Waals surface area contributed by atoms with Crippen LogP contribution in [0.2, 0.25) is 0 Å². The van der Waals surface area contributed by atoms with E-state index in [1.807, 2.05) is 0 Å². The van der Waals surface area contributed by atoms with Gasteiger partial charge in [0.1, 0.15) is 0 Å². The lowest BCUT2D eigenvalue weighted by atomic mass is 10.1. The third kappa shape index (κ3) is 4.74. The maximum atomic E-state index is 12.7. The second-order valence-corrected chi connectivity index (χ2v) is 8.74. The zero-order valence-electron chi connectivity index (χ0n) is 15.1. The number of carbonyl (C=O) groups excluding carboxylic acids is 2. The van der Waals surface area contributed by atoms with Crippen molar-refractivity contribution in [1.29, 1.82) is 0 Å². The molecule has 0 unspecified atom stereocenters. The minimum Gasteiger partial charge on any atom is -0.444 e. The first-order chi connectivity index (χ1) is 12.8. The molecule has 27 heavy (non-hydrogen) atoms. The zero-order chi connectivity index (χ0) is 19.6. The minimum absolute atomic E-state index is 0.0266. The quantitative estimate of drug-likeness (QED) is 0.770. The summed E-state index contributed by atoms with van der Waals surface area (Å²) in [6, 6.07) is 13.2. The molecular formula is C20H21NO5S. The van der Waals surface area contributed by atoms with E-state index in [1.54, 1.807) is 43.3 Å². The van der Waals surface area contributed by atoms with Crippen molar-refractivity contribution in [1.82, 2.24) is 5.32 Å². The Balaban J connectivity index is 1.89. The Labute approximate surface area is 158 Å². The molecule has 1 fully saturated rings. The van der Waals surface area contributed by atoms with Crippen molar-refractivity contribution >= 4 is 21.7 Å². The fourth-order valence-electron chi connectivity index (χ4n) is 2.63. The first kappa shape index (κ1) is 19.1. The Morgan fingerprint density at radius 2 is 1.78 bits per heavy atom. The van der Waals surface area contributed by atoms with E-state index in [4.69, 9.17) is 4.74 Å². The molecule has 1 saturated carbocycles. The summed E-state index contributed by atoms with van der Waals surface area (Å²) in [6.45, 7) is 1.68. The Hall–Kier alpha value is -2.67. The third-order valence-electron chi connectivity index (χ3n) is 4.35. The summed E-state index contributed by atoms with van der Waals surface area (Å²) in [5.41, 5.74) is 1.25. The number of hydrogen-bond acceptors (Lipinski definition) is 5. The molecule has 1 aliphatic carbocycles. The Bertz CT molecular complexity index is 965. The molecule has 7 heteroatoms. The topological polar surface area (TPSA) is 89.5 Å². The molecule has 3 rings (SSSR count). The molecule has 0 bridgehead atoms. The molecular weight excluding hydrogens is 366 g/mol. The molecule has 1 N–H and O–H groups in total. The maximum Gasteiger partial charge on any atom is 0.339 e. The lowest BCUT2D eigenvalue weighted by Crippen LogP contribution is -2.33. The van der Waals surface area contributed by atoms with Gasteiger partial charge in [0.05, 0.1) is 10.5 Å². The van der Waals surface area contributed by atoms with E-state index in [0.29, 0.717) is 11.1 Å². The molecule has 2 aromatic carbocycles. The van der Waals surface area contributed by atoms with E-state index in [2.05, 4.69) is 5.32 Å². The minimum atomic E-state index is -3.47. The SMILES string of the molecule is Cc1ccc(S(C)(=O)=O)cc1C(=O)O[C@@H](C(=O)NC1CC1)c1ccccc1. The lowest BCUT2D eigenvalue weighted by Gasteiger charge is -2.19. The average molecular weight is 387 g/mol. The number of nitrogens with one attached hydrogen (secondary N) is 1. The van der Waals surface area contributed by atoms with Crippen LogP contribution in [0.15, 0.2) is 53.4 Å². The van der Waals surface area contributed by atoms with E-state index >= 15 is 0 Å². The number of aryl methyl sites for hydroxylation is 1. The number of sulfone groups is 1. The van der Waals surface area contributed by atoms with Gasteiger partial charge in [-0.1, -0.05) is 36.4 Å². The van der Waals surface area contributed by atoms with Gasteiger partial charge in [-0.25, -0.2) is 13.2 Å². The van der Waals surface area contributed by atoms with Gasteiger partial charge in [-0.3, -0.25) is 4.79 Å². The van der Waals surface area contributed by atoms with Gasteiger partial charge in [-0.05, 0) is 37.5 Å². The summed E-state index contributed by atoms with van der Waals surface area (Å²) in [5, 5.41) is 2.85. The van der Waals surface area contributed by atoms with Gasteiger partial charge in [0.15, 0.2) is 9.84 Å². The van der Waals surface area contributed by atoms with Gasteiger partial charge >= 0.3 is 5.97 Å². The van der Waals surface area contributed by atoms with E-state index in [1.165, 1.54) is 12.1 Å². The monoisotopic (exact) mass is 387 g/mol. The van der Waals surface area contributed by atoms with Crippen molar-refractivity contribution in [2.45, 2.75) is 36.8 Å². The zero-order valence-corrected chi connectivity index (χ0v) is 16.0. The van der Waals surface area contributed by atoms with E-state index in [9.17, 15) is 18.0 Å². The van der Waals surface area contributed by atoms with Crippen molar-refractivity contribution in [2.75, 3.05) is 6.26 Å². The Kier molecular flexibility index (Phi) is 5.32. The van der Waals surface area contributed by atoms with Crippen LogP contribution >= 0.6 is 0 Å². The second-order valence-electron chi connectivity index (χ2n) is 6.73. The van der Waals surface area contributed by atoms with Gasteiger partial charge in [0.2, 0.25) is 6.10 Å². The van der Waals surface area contributed by atoms with Crippen LogP contribution in [-0.4, -0.2) is 32.6 Å². The van der Waals surface area contributed by atoms with E-state index in [0.717, 1.165) is 19.1 Å². The predicted octanol–water partition coefficient (Wildman–Crippen LogP) is 2.58. The highest BCUT2D eigenvalue weighted by Crippen LogP contribution is 2.25. The van der Waals surface area contributed by atoms with Gasteiger partial charge < -0.3 is 10.1 Å². The molecule has 142 valence electrons. The van der Waals surface area contributed by atoms with Crippen LogP contribution in [0, 0.1) is 6.92 Å². The van der Waals surface area contributed by atoms with Crippen molar-refractivity contribution in [3.05, 3.63) is 65.2 Å². The average Bonchev–Trinajstić information content (AvgIpc) is 3.43. The van der Waals surface area contributed by atoms with Crippen LogP contribution in [0.5, 0.6) is 0 Å². The molecule has 1 aliphatic rings. The Morgan fingerprint density at radius 3 is 2.37 bits per heavy atom. The predicted molar refractivity (Wildman–Crippen MR) is 100 cm³/mol. The molecule has 1 atom stereocenters. The first-order valence-corrected chi connectivity index (χ1v) is 10.5. The van der Waals surface area contributed by atoms with Crippen molar-refractivity contribution < 1.29 is 22.7 Å². The van der Waals surface area contributed by atoms with Gasteiger partial charge in [0.25, 0.3) is 5.91 Å². The van der Waals surface area contributed by atoms with Gasteiger partial charge in [0, 0.05) is 17.9 Å². The summed E-state index contributed by atoms with van der Waals surface area (Å²) in [5.74, 6) is -1.12. The van der Waals surface area contributed by atoms with Crippen LogP contribution < -0.4 is 5.32 Å². The number of esters is 1. The molecule has 0 heterocycles. The number of benzene rings is 2. The van der Waals surface area contributed by atoms with Crippen LogP contribution in [0.25, 0.3) is 0 Å². The van der Waals surface area contributed by atoms with Crippen molar-refractivity contribution in [3.8, 4) is 0 Å². The van der Waals surface area contributed by atoms with Gasteiger partial charge in [-0.2, -0.15) is 0 Å². The third-order valence-corrected chi connectivity index (χ3v) is 5.46. The molecule has 0 spiro atoms. The summed E-state index contributed by atoms with van der Waals surface area (Å²) < 4.78 is 29.1. The highest BCUT2D eigenvalue weighted by molar-refractivity contribution is 7.90. The smallest absolute Gasteiger partial charge is 0.339 e. The van der Waals surface area contributed by atoms with Crippen molar-refractivity contribution in [3.63, 3.8) is 0 Å². The molecule has 2 aromatic rings. The molecule has 1 amide bonds. The maximum absolute atomic E-state index is 12.7. The summed E-state index contributed by atoms with van der Waals surface area (Å²) in [6.07, 6.45) is 1.80. The fourth-order valence-corrected chi connectivity index (χ4v) is 3.27. The number of ether oxygens (including phenoxy) is 1. The number of hydrogen-bond donors (Lipinski definition) is 1.